The van der Waals surface area contributed by atoms with Crippen LogP contribution in [-0.4, -0.2) is 33.3 Å². The maximum Gasteiger partial charge on any atom is 0.494 e. The van der Waals surface area contributed by atoms with Crippen molar-refractivity contribution < 1.29 is 9.31 Å². The van der Waals surface area contributed by atoms with Gasteiger partial charge in [0.2, 0.25) is 0 Å². The van der Waals surface area contributed by atoms with Crippen LogP contribution >= 0.6 is 0 Å². The van der Waals surface area contributed by atoms with Gasteiger partial charge in [-0.15, -0.1) is 0 Å². The molecule has 170 valence electrons. The van der Waals surface area contributed by atoms with Crippen molar-refractivity contribution in [3.8, 4) is 22.8 Å². The summed E-state index contributed by atoms with van der Waals surface area (Å²) in [5, 5.41) is 0. The third kappa shape index (κ3) is 4.39. The second-order valence-electron chi connectivity index (χ2n) is 9.60. The van der Waals surface area contributed by atoms with Gasteiger partial charge >= 0.3 is 7.12 Å². The Labute approximate surface area is 201 Å². The van der Waals surface area contributed by atoms with Crippen molar-refractivity contribution in [3.05, 3.63) is 96.3 Å². The predicted molar refractivity (Wildman–Crippen MR) is 137 cm³/mol. The molecule has 2 aromatic carbocycles. The summed E-state index contributed by atoms with van der Waals surface area (Å²) in [4.78, 5) is 14.6. The SMILES string of the molecule is CC1(C)OB(C2=CC=CCC(c3nc(-c4ccccc4)nc(-c4ccccc4)n3)=C2)OC1(C)C. The molecular formula is C28H28BN3O2. The first-order valence-corrected chi connectivity index (χ1v) is 11.6. The van der Waals surface area contributed by atoms with Crippen molar-refractivity contribution in [1.29, 1.82) is 0 Å². The van der Waals surface area contributed by atoms with E-state index in [9.17, 15) is 0 Å². The standard InChI is InChI=1S/C28H28BN3O2/c1-27(2)28(3,4)34-29(33-27)23-18-12-11-17-22(19-23)26-31-24(20-13-7-5-8-14-20)30-25(32-26)21-15-9-6-10-16-21/h5-16,18-19H,17H2,1-4H3. The van der Waals surface area contributed by atoms with E-state index >= 15 is 0 Å². The summed E-state index contributed by atoms with van der Waals surface area (Å²) in [6, 6.07) is 20.0. The topological polar surface area (TPSA) is 57.1 Å². The smallest absolute Gasteiger partial charge is 0.399 e. The number of aromatic nitrogens is 3. The van der Waals surface area contributed by atoms with Crippen LogP contribution in [0.2, 0.25) is 0 Å². The van der Waals surface area contributed by atoms with Crippen molar-refractivity contribution in [1.82, 2.24) is 15.0 Å². The van der Waals surface area contributed by atoms with E-state index in [0.29, 0.717) is 23.9 Å². The number of rotatable bonds is 4. The van der Waals surface area contributed by atoms with Crippen LogP contribution in [-0.2, 0) is 9.31 Å². The minimum absolute atomic E-state index is 0.406. The van der Waals surface area contributed by atoms with Crippen LogP contribution < -0.4 is 0 Å². The lowest BCUT2D eigenvalue weighted by Crippen LogP contribution is -2.41. The van der Waals surface area contributed by atoms with Gasteiger partial charge < -0.3 is 9.31 Å². The fourth-order valence-corrected chi connectivity index (χ4v) is 3.92. The Morgan fingerprint density at radius 1 is 0.706 bits per heavy atom. The second kappa shape index (κ2) is 8.78. The van der Waals surface area contributed by atoms with Gasteiger partial charge in [-0.3, -0.25) is 0 Å². The first-order valence-electron chi connectivity index (χ1n) is 11.6. The molecule has 0 unspecified atom stereocenters. The highest BCUT2D eigenvalue weighted by Gasteiger charge is 2.52. The van der Waals surface area contributed by atoms with Gasteiger partial charge in [0.1, 0.15) is 0 Å². The molecule has 0 amide bonds. The summed E-state index contributed by atoms with van der Waals surface area (Å²) in [5.74, 6) is 1.96. The molecule has 0 bridgehead atoms. The van der Waals surface area contributed by atoms with Crippen LogP contribution in [0.25, 0.3) is 28.3 Å². The van der Waals surface area contributed by atoms with E-state index in [2.05, 4.69) is 39.8 Å². The fourth-order valence-electron chi connectivity index (χ4n) is 3.92. The Morgan fingerprint density at radius 3 is 1.74 bits per heavy atom. The molecule has 34 heavy (non-hydrogen) atoms. The summed E-state index contributed by atoms with van der Waals surface area (Å²) in [6.45, 7) is 8.26. The normalized spacial score (nSPS) is 18.9. The van der Waals surface area contributed by atoms with Crippen molar-refractivity contribution in [3.63, 3.8) is 0 Å². The third-order valence-corrected chi connectivity index (χ3v) is 6.62. The van der Waals surface area contributed by atoms with Crippen LogP contribution in [0.3, 0.4) is 0 Å². The van der Waals surface area contributed by atoms with Gasteiger partial charge in [-0.25, -0.2) is 15.0 Å². The molecule has 0 radical (unpaired) electrons. The molecule has 1 aliphatic carbocycles. The lowest BCUT2D eigenvalue weighted by atomic mass is 9.77. The molecule has 3 aromatic rings. The summed E-state index contributed by atoms with van der Waals surface area (Å²) in [7, 11) is -0.452. The average Bonchev–Trinajstić information content (AvgIpc) is 3.00. The third-order valence-electron chi connectivity index (χ3n) is 6.62. The van der Waals surface area contributed by atoms with Crippen molar-refractivity contribution in [2.75, 3.05) is 0 Å². The van der Waals surface area contributed by atoms with Gasteiger partial charge in [-0.05, 0) is 39.6 Å². The number of hydrogen-bond acceptors (Lipinski definition) is 5. The number of benzene rings is 2. The first-order chi connectivity index (χ1) is 16.3. The summed E-state index contributed by atoms with van der Waals surface area (Å²) >= 11 is 0. The minimum Gasteiger partial charge on any atom is -0.399 e. The number of nitrogens with zero attached hydrogens (tertiary/aromatic N) is 3. The molecule has 0 saturated carbocycles. The van der Waals surface area contributed by atoms with E-state index in [1.54, 1.807) is 0 Å². The van der Waals surface area contributed by atoms with E-state index in [4.69, 9.17) is 24.3 Å². The molecule has 5 nitrogen and oxygen atoms in total. The molecule has 0 atom stereocenters. The molecule has 1 aliphatic heterocycles. The molecule has 6 heteroatoms. The maximum atomic E-state index is 6.31. The highest BCUT2D eigenvalue weighted by atomic mass is 16.7. The van der Waals surface area contributed by atoms with Crippen LogP contribution in [0.5, 0.6) is 0 Å². The second-order valence-corrected chi connectivity index (χ2v) is 9.60. The Kier molecular flexibility index (Phi) is 5.80. The van der Waals surface area contributed by atoms with Crippen LogP contribution in [0, 0.1) is 0 Å². The van der Waals surface area contributed by atoms with Crippen LogP contribution in [0.15, 0.2) is 90.4 Å². The molecule has 2 heterocycles. The Bertz CT molecular complexity index is 1210. The summed E-state index contributed by atoms with van der Waals surface area (Å²) in [5.41, 5.74) is 3.04. The van der Waals surface area contributed by atoms with Crippen molar-refractivity contribution >= 4 is 12.7 Å². The molecule has 0 spiro atoms. The molecule has 1 aromatic heterocycles. The van der Waals surface area contributed by atoms with Gasteiger partial charge in [0.15, 0.2) is 17.5 Å². The Hall–Kier alpha value is -3.35. The highest BCUT2D eigenvalue weighted by Crippen LogP contribution is 2.39. The van der Waals surface area contributed by atoms with E-state index in [-0.39, 0.29) is 0 Å². The molecule has 1 fully saturated rings. The van der Waals surface area contributed by atoms with Gasteiger partial charge in [0.25, 0.3) is 0 Å². The van der Waals surface area contributed by atoms with E-state index in [1.807, 2.05) is 72.8 Å². The van der Waals surface area contributed by atoms with E-state index < -0.39 is 18.3 Å². The summed E-state index contributed by atoms with van der Waals surface area (Å²) in [6.07, 6.45) is 9.00. The van der Waals surface area contributed by atoms with Crippen molar-refractivity contribution in [2.45, 2.75) is 45.3 Å². The lowest BCUT2D eigenvalue weighted by Gasteiger charge is -2.32. The quantitative estimate of drug-likeness (QED) is 0.450. The molecular weight excluding hydrogens is 421 g/mol. The Morgan fingerprint density at radius 2 is 1.21 bits per heavy atom. The minimum atomic E-state index is -0.452. The van der Waals surface area contributed by atoms with E-state index in [1.165, 1.54) is 0 Å². The van der Waals surface area contributed by atoms with Crippen LogP contribution in [0.1, 0.15) is 39.9 Å². The Balaban J connectivity index is 1.58. The molecule has 2 aliphatic rings. The number of allylic oxidation sites excluding steroid dienone is 6. The van der Waals surface area contributed by atoms with Gasteiger partial charge in [-0.1, -0.05) is 85.0 Å². The average molecular weight is 449 g/mol. The first kappa shape index (κ1) is 22.4. The number of hydrogen-bond donors (Lipinski definition) is 0. The zero-order chi connectivity index (χ0) is 23.8. The molecule has 1 saturated heterocycles. The summed E-state index contributed by atoms with van der Waals surface area (Å²) < 4.78 is 12.6. The van der Waals surface area contributed by atoms with Gasteiger partial charge in [-0.2, -0.15) is 0 Å². The van der Waals surface area contributed by atoms with Gasteiger partial charge in [0, 0.05) is 16.7 Å². The highest BCUT2D eigenvalue weighted by molar-refractivity contribution is 6.56. The lowest BCUT2D eigenvalue weighted by molar-refractivity contribution is 0.00578. The largest absolute Gasteiger partial charge is 0.494 e. The molecule has 5 rings (SSSR count). The zero-order valence-electron chi connectivity index (χ0n) is 20.0. The zero-order valence-corrected chi connectivity index (χ0v) is 20.0. The maximum absolute atomic E-state index is 6.31. The fraction of sp³-hybridized carbons (Fsp3) is 0.250. The van der Waals surface area contributed by atoms with Gasteiger partial charge in [0.05, 0.1) is 11.2 Å². The predicted octanol–water partition coefficient (Wildman–Crippen LogP) is 6.11. The molecule has 0 N–H and O–H groups in total. The van der Waals surface area contributed by atoms with Crippen LogP contribution in [0.4, 0.5) is 0 Å². The van der Waals surface area contributed by atoms with Crippen molar-refractivity contribution in [2.24, 2.45) is 0 Å². The monoisotopic (exact) mass is 449 g/mol. The van der Waals surface area contributed by atoms with E-state index in [0.717, 1.165) is 22.2 Å².